The summed E-state index contributed by atoms with van der Waals surface area (Å²) >= 11 is 0. The van der Waals surface area contributed by atoms with Gasteiger partial charge in [-0.1, -0.05) is 6.08 Å². The molecule has 76 valence electrons. The minimum atomic E-state index is -0.872. The summed E-state index contributed by atoms with van der Waals surface area (Å²) in [6.45, 7) is 3.74. The van der Waals surface area contributed by atoms with Crippen molar-refractivity contribution in [1.29, 1.82) is 0 Å². The van der Waals surface area contributed by atoms with Crippen molar-refractivity contribution in [3.63, 3.8) is 0 Å². The lowest BCUT2D eigenvalue weighted by atomic mass is 9.98. The third kappa shape index (κ3) is 2.28. The Morgan fingerprint density at radius 1 is 1.62 bits per heavy atom. The van der Waals surface area contributed by atoms with Crippen LogP contribution in [-0.2, 0) is 9.47 Å². The second kappa shape index (κ2) is 4.72. The first-order valence-corrected chi connectivity index (χ1v) is 4.32. The van der Waals surface area contributed by atoms with Crippen LogP contribution in [0.5, 0.6) is 0 Å². The summed E-state index contributed by atoms with van der Waals surface area (Å²) in [5.74, 6) is 0. The Morgan fingerprint density at radius 3 is 2.85 bits per heavy atom. The molecule has 4 heteroatoms. The molecule has 1 aliphatic heterocycles. The van der Waals surface area contributed by atoms with Crippen molar-refractivity contribution >= 4 is 0 Å². The average molecular weight is 188 g/mol. The first kappa shape index (κ1) is 10.7. The van der Waals surface area contributed by atoms with E-state index in [1.165, 1.54) is 7.11 Å². The molecule has 1 fully saturated rings. The van der Waals surface area contributed by atoms with Crippen LogP contribution in [0, 0.1) is 0 Å². The van der Waals surface area contributed by atoms with Gasteiger partial charge in [0.05, 0.1) is 12.7 Å². The van der Waals surface area contributed by atoms with Crippen LogP contribution in [0.4, 0.5) is 0 Å². The van der Waals surface area contributed by atoms with Crippen molar-refractivity contribution in [3.05, 3.63) is 12.7 Å². The van der Waals surface area contributed by atoms with E-state index in [1.54, 1.807) is 6.08 Å². The first-order chi connectivity index (χ1) is 6.20. The highest BCUT2D eigenvalue weighted by atomic mass is 16.6. The zero-order valence-corrected chi connectivity index (χ0v) is 7.72. The Balaban J connectivity index is 2.59. The van der Waals surface area contributed by atoms with E-state index in [0.717, 1.165) is 0 Å². The van der Waals surface area contributed by atoms with E-state index in [9.17, 15) is 10.2 Å². The molecule has 0 spiro atoms. The lowest BCUT2D eigenvalue weighted by molar-refractivity contribution is -0.194. The van der Waals surface area contributed by atoms with Gasteiger partial charge in [0.15, 0.2) is 0 Å². The summed E-state index contributed by atoms with van der Waals surface area (Å²) in [6, 6.07) is 0. The van der Waals surface area contributed by atoms with Gasteiger partial charge >= 0.3 is 0 Å². The predicted molar refractivity (Wildman–Crippen MR) is 47.4 cm³/mol. The Labute approximate surface area is 77.8 Å². The van der Waals surface area contributed by atoms with Crippen molar-refractivity contribution in [2.24, 2.45) is 0 Å². The van der Waals surface area contributed by atoms with Crippen LogP contribution >= 0.6 is 0 Å². The van der Waals surface area contributed by atoms with Gasteiger partial charge in [0.25, 0.3) is 0 Å². The van der Waals surface area contributed by atoms with Gasteiger partial charge in [-0.2, -0.15) is 0 Å². The fourth-order valence-electron chi connectivity index (χ4n) is 1.51. The number of methoxy groups -OCH3 is 1. The van der Waals surface area contributed by atoms with E-state index >= 15 is 0 Å². The Kier molecular flexibility index (Phi) is 3.87. The highest BCUT2D eigenvalue weighted by Gasteiger charge is 2.38. The number of ether oxygens (including phenoxy) is 2. The molecule has 1 saturated heterocycles. The standard InChI is InChI=1S/C9H16O4/c1-3-4-7-9(12-2)8(11)6(10)5-13-7/h3,6-11H,1,4-5H2,2H3/t6-,7+,8-,9-/m0/s1. The van der Waals surface area contributed by atoms with Crippen LogP contribution in [0.15, 0.2) is 12.7 Å². The molecule has 4 atom stereocenters. The maximum atomic E-state index is 9.55. The van der Waals surface area contributed by atoms with Crippen LogP contribution in [0.25, 0.3) is 0 Å². The third-order valence-corrected chi connectivity index (χ3v) is 2.25. The Hall–Kier alpha value is -0.420. The van der Waals surface area contributed by atoms with Crippen molar-refractivity contribution < 1.29 is 19.7 Å². The lowest BCUT2D eigenvalue weighted by Gasteiger charge is -2.36. The van der Waals surface area contributed by atoms with Gasteiger partial charge in [0.2, 0.25) is 0 Å². The summed E-state index contributed by atoms with van der Waals surface area (Å²) in [4.78, 5) is 0. The molecule has 0 bridgehead atoms. The van der Waals surface area contributed by atoms with Gasteiger partial charge in [-0.05, 0) is 6.42 Å². The zero-order valence-electron chi connectivity index (χ0n) is 7.72. The van der Waals surface area contributed by atoms with E-state index in [-0.39, 0.29) is 12.7 Å². The van der Waals surface area contributed by atoms with E-state index < -0.39 is 18.3 Å². The molecule has 2 N–H and O–H groups in total. The fraction of sp³-hybridized carbons (Fsp3) is 0.778. The summed E-state index contributed by atoms with van der Waals surface area (Å²) in [6.07, 6.45) is -0.0824. The van der Waals surface area contributed by atoms with Crippen molar-refractivity contribution in [1.82, 2.24) is 0 Å². The van der Waals surface area contributed by atoms with Crippen LogP contribution in [-0.4, -0.2) is 48.3 Å². The maximum absolute atomic E-state index is 9.55. The molecule has 13 heavy (non-hydrogen) atoms. The third-order valence-electron chi connectivity index (χ3n) is 2.25. The molecule has 0 aromatic rings. The second-order valence-electron chi connectivity index (χ2n) is 3.15. The molecule has 1 heterocycles. The quantitative estimate of drug-likeness (QED) is 0.597. The van der Waals surface area contributed by atoms with E-state index in [2.05, 4.69) is 6.58 Å². The molecular weight excluding hydrogens is 172 g/mol. The molecule has 0 radical (unpaired) electrons. The van der Waals surface area contributed by atoms with E-state index in [4.69, 9.17) is 9.47 Å². The minimum Gasteiger partial charge on any atom is -0.388 e. The molecule has 1 rings (SSSR count). The summed E-state index contributed by atoms with van der Waals surface area (Å²) in [7, 11) is 1.49. The number of hydrogen-bond acceptors (Lipinski definition) is 4. The van der Waals surface area contributed by atoms with Crippen molar-refractivity contribution in [2.75, 3.05) is 13.7 Å². The number of rotatable bonds is 3. The summed E-state index contributed by atoms with van der Waals surface area (Å²) in [5, 5.41) is 18.8. The largest absolute Gasteiger partial charge is 0.388 e. The molecule has 0 saturated carbocycles. The molecule has 0 aliphatic carbocycles. The van der Waals surface area contributed by atoms with Crippen LogP contribution in [0.3, 0.4) is 0 Å². The van der Waals surface area contributed by atoms with Gasteiger partial charge in [-0.3, -0.25) is 0 Å². The SMILES string of the molecule is C=CC[C@H]1OC[C@H](O)[C@H](O)[C@H]1OC. The van der Waals surface area contributed by atoms with Crippen molar-refractivity contribution in [2.45, 2.75) is 30.8 Å². The smallest absolute Gasteiger partial charge is 0.112 e. The Morgan fingerprint density at radius 2 is 2.31 bits per heavy atom. The Bertz CT molecular complexity index is 171. The second-order valence-corrected chi connectivity index (χ2v) is 3.15. The molecule has 0 aromatic heterocycles. The highest BCUT2D eigenvalue weighted by Crippen LogP contribution is 2.20. The van der Waals surface area contributed by atoms with Gasteiger partial charge in [0.1, 0.15) is 18.3 Å². The van der Waals surface area contributed by atoms with Crippen LogP contribution < -0.4 is 0 Å². The molecule has 4 nitrogen and oxygen atoms in total. The van der Waals surface area contributed by atoms with Gasteiger partial charge in [-0.15, -0.1) is 6.58 Å². The monoisotopic (exact) mass is 188 g/mol. The van der Waals surface area contributed by atoms with E-state index in [1.807, 2.05) is 0 Å². The molecule has 1 aliphatic rings. The van der Waals surface area contributed by atoms with Crippen molar-refractivity contribution in [3.8, 4) is 0 Å². The zero-order chi connectivity index (χ0) is 9.84. The first-order valence-electron chi connectivity index (χ1n) is 4.32. The minimum absolute atomic E-state index is 0.152. The van der Waals surface area contributed by atoms with Crippen LogP contribution in [0.1, 0.15) is 6.42 Å². The predicted octanol–water partition coefficient (Wildman–Crippen LogP) is -0.302. The average Bonchev–Trinajstić information content (AvgIpc) is 2.12. The van der Waals surface area contributed by atoms with Gasteiger partial charge in [-0.25, -0.2) is 0 Å². The van der Waals surface area contributed by atoms with Crippen LogP contribution in [0.2, 0.25) is 0 Å². The topological polar surface area (TPSA) is 58.9 Å². The fourth-order valence-corrected chi connectivity index (χ4v) is 1.51. The normalized spacial score (nSPS) is 40.2. The maximum Gasteiger partial charge on any atom is 0.112 e. The molecule has 0 aromatic carbocycles. The highest BCUT2D eigenvalue weighted by molar-refractivity contribution is 4.90. The lowest BCUT2D eigenvalue weighted by Crippen LogP contribution is -2.53. The number of aliphatic hydroxyl groups excluding tert-OH is 2. The molecule has 0 unspecified atom stereocenters. The summed E-state index contributed by atoms with van der Waals surface area (Å²) < 4.78 is 10.4. The van der Waals surface area contributed by atoms with E-state index in [0.29, 0.717) is 6.42 Å². The van der Waals surface area contributed by atoms with Gasteiger partial charge in [0, 0.05) is 7.11 Å². The number of hydrogen-bond donors (Lipinski definition) is 2. The number of aliphatic hydroxyl groups is 2. The summed E-state index contributed by atoms with van der Waals surface area (Å²) in [5.41, 5.74) is 0. The molecular formula is C9H16O4. The van der Waals surface area contributed by atoms with Gasteiger partial charge < -0.3 is 19.7 Å². The molecule has 0 amide bonds.